The van der Waals surface area contributed by atoms with E-state index in [-0.39, 0.29) is 19.4 Å². The third-order valence-corrected chi connectivity index (χ3v) is 6.80. The Morgan fingerprint density at radius 2 is 1.86 bits per heavy atom. The Hall–Kier alpha value is -2.42. The Balaban J connectivity index is 1.71. The highest BCUT2D eigenvalue weighted by Crippen LogP contribution is 2.55. The lowest BCUT2D eigenvalue weighted by atomic mass is 9.95. The van der Waals surface area contributed by atoms with Crippen molar-refractivity contribution in [2.24, 2.45) is 11.3 Å². The minimum absolute atomic E-state index is 0.0217. The molecule has 0 aromatic rings. The maximum Gasteiger partial charge on any atom is 0.522 e. The summed E-state index contributed by atoms with van der Waals surface area (Å²) in [5.41, 5.74) is -0.439. The van der Waals surface area contributed by atoms with Gasteiger partial charge >= 0.3 is 12.5 Å². The van der Waals surface area contributed by atoms with Crippen molar-refractivity contribution in [3.63, 3.8) is 0 Å². The maximum atomic E-state index is 13.1. The molecule has 0 radical (unpaired) electrons. The van der Waals surface area contributed by atoms with Crippen LogP contribution in [0.4, 0.5) is 26.3 Å². The summed E-state index contributed by atoms with van der Waals surface area (Å²) in [6.45, 7) is -1.09. The van der Waals surface area contributed by atoms with E-state index < -0.39 is 85.0 Å². The number of halogens is 6. The fourth-order valence-corrected chi connectivity index (χ4v) is 4.62. The SMILES string of the molecule is O=C1NCC[C@H]1C[C@H](NC(=O)[C@@H]1CC2(CC2)CN1C(=O)C(O)CCC(F)(F)F)C(=O)COC(F)(F)F. The quantitative estimate of drug-likeness (QED) is 0.364. The zero-order valence-electron chi connectivity index (χ0n) is 19.1. The van der Waals surface area contributed by atoms with Crippen molar-refractivity contribution < 1.29 is 55.4 Å². The summed E-state index contributed by atoms with van der Waals surface area (Å²) >= 11 is 0. The predicted molar refractivity (Wildman–Crippen MR) is 108 cm³/mol. The Morgan fingerprint density at radius 1 is 1.19 bits per heavy atom. The number of Topliss-reactive ketones (excluding diaryl/α,β-unsaturated/α-hetero) is 1. The number of nitrogens with one attached hydrogen (secondary N) is 2. The molecule has 3 N–H and O–H groups in total. The second kappa shape index (κ2) is 10.5. The predicted octanol–water partition coefficient (Wildman–Crippen LogP) is 1.19. The zero-order chi connectivity index (χ0) is 26.9. The van der Waals surface area contributed by atoms with Gasteiger partial charge in [0, 0.05) is 25.4 Å². The molecule has 2 saturated heterocycles. The van der Waals surface area contributed by atoms with Gasteiger partial charge in [-0.25, -0.2) is 0 Å². The van der Waals surface area contributed by atoms with E-state index in [1.165, 1.54) is 0 Å². The number of nitrogens with zero attached hydrogens (tertiary/aromatic N) is 1. The van der Waals surface area contributed by atoms with Crippen molar-refractivity contribution >= 4 is 23.5 Å². The average molecular weight is 531 g/mol. The van der Waals surface area contributed by atoms with Gasteiger partial charge in [-0.3, -0.25) is 23.9 Å². The second-order valence-electron chi connectivity index (χ2n) is 9.63. The lowest BCUT2D eigenvalue weighted by Crippen LogP contribution is -2.53. The van der Waals surface area contributed by atoms with E-state index in [0.717, 1.165) is 4.90 Å². The molecule has 1 unspecified atom stereocenters. The van der Waals surface area contributed by atoms with Gasteiger partial charge in [0.25, 0.3) is 5.91 Å². The number of likely N-dealkylation sites (tertiary alicyclic amines) is 1. The normalized spacial score (nSPS) is 25.0. The van der Waals surface area contributed by atoms with Gasteiger partial charge in [0.05, 0.1) is 6.04 Å². The minimum atomic E-state index is -5.10. The summed E-state index contributed by atoms with van der Waals surface area (Å²) in [6.07, 6.45) is -12.6. The van der Waals surface area contributed by atoms with E-state index in [0.29, 0.717) is 25.8 Å². The van der Waals surface area contributed by atoms with Crippen molar-refractivity contribution in [2.75, 3.05) is 19.7 Å². The van der Waals surface area contributed by atoms with Crippen LogP contribution in [0.15, 0.2) is 0 Å². The molecule has 0 aromatic carbocycles. The van der Waals surface area contributed by atoms with E-state index >= 15 is 0 Å². The highest BCUT2D eigenvalue weighted by atomic mass is 19.4. The molecule has 3 fully saturated rings. The van der Waals surface area contributed by atoms with Gasteiger partial charge in [-0.15, -0.1) is 13.2 Å². The highest BCUT2D eigenvalue weighted by molar-refractivity contribution is 5.95. The lowest BCUT2D eigenvalue weighted by molar-refractivity contribution is -0.321. The van der Waals surface area contributed by atoms with Crippen LogP contribution in [0.25, 0.3) is 0 Å². The first-order valence-corrected chi connectivity index (χ1v) is 11.5. The van der Waals surface area contributed by atoms with Gasteiger partial charge < -0.3 is 20.6 Å². The van der Waals surface area contributed by atoms with Crippen LogP contribution < -0.4 is 10.6 Å². The summed E-state index contributed by atoms with van der Waals surface area (Å²) in [6, 6.07) is -2.77. The average Bonchev–Trinajstić information content (AvgIpc) is 3.23. The topological polar surface area (TPSA) is 125 Å². The number of aliphatic hydroxyl groups is 1. The molecule has 1 spiro atoms. The van der Waals surface area contributed by atoms with E-state index in [1.54, 1.807) is 0 Å². The number of carbonyl (C=O) groups is 4. The number of alkyl halides is 6. The first-order chi connectivity index (χ1) is 16.6. The monoisotopic (exact) mass is 531 g/mol. The molecular formula is C21H27F6N3O6. The van der Waals surface area contributed by atoms with Crippen molar-refractivity contribution in [1.82, 2.24) is 15.5 Å². The Kier molecular flexibility index (Phi) is 8.23. The van der Waals surface area contributed by atoms with Crippen molar-refractivity contribution in [3.8, 4) is 0 Å². The largest absolute Gasteiger partial charge is 0.522 e. The number of hydrogen-bond donors (Lipinski definition) is 3. The van der Waals surface area contributed by atoms with E-state index in [1.807, 2.05) is 0 Å². The van der Waals surface area contributed by atoms with Gasteiger partial charge in [-0.1, -0.05) is 0 Å². The molecule has 1 aliphatic carbocycles. The number of carbonyl (C=O) groups excluding carboxylic acids is 4. The van der Waals surface area contributed by atoms with E-state index in [4.69, 9.17) is 0 Å². The molecule has 2 aliphatic heterocycles. The molecule has 3 rings (SSSR count). The second-order valence-corrected chi connectivity index (χ2v) is 9.63. The summed E-state index contributed by atoms with van der Waals surface area (Å²) in [5, 5.41) is 14.9. The standard InChI is InChI=1S/C21H27F6N3O6/c22-20(23,24)3-1-14(31)18(35)30-10-19(4-5-19)8-13(30)17(34)29-12(7-11-2-6-28-16(11)33)15(32)9-36-21(25,26)27/h11-14,31H,1-10H2,(H,28,33)(H,29,34)/t11-,12-,13-,14?/m0/s1. The van der Waals surface area contributed by atoms with Crippen LogP contribution in [0.5, 0.6) is 0 Å². The van der Waals surface area contributed by atoms with Gasteiger partial charge in [0.1, 0.15) is 18.8 Å². The first kappa shape index (κ1) is 28.2. The third-order valence-electron chi connectivity index (χ3n) is 6.80. The number of aliphatic hydroxyl groups excluding tert-OH is 1. The van der Waals surface area contributed by atoms with Gasteiger partial charge in [0.15, 0.2) is 5.78 Å². The Labute approximate surface area is 201 Å². The Morgan fingerprint density at radius 3 is 2.39 bits per heavy atom. The fraction of sp³-hybridized carbons (Fsp3) is 0.810. The molecule has 0 aromatic heterocycles. The van der Waals surface area contributed by atoms with Gasteiger partial charge in [-0.05, 0) is 43.9 Å². The van der Waals surface area contributed by atoms with Crippen LogP contribution in [0.1, 0.15) is 44.9 Å². The van der Waals surface area contributed by atoms with Crippen LogP contribution in [0, 0.1) is 11.3 Å². The number of amides is 3. The van der Waals surface area contributed by atoms with Crippen LogP contribution in [-0.2, 0) is 23.9 Å². The molecular weight excluding hydrogens is 504 g/mol. The first-order valence-electron chi connectivity index (χ1n) is 11.5. The molecule has 0 bridgehead atoms. The smallest absolute Gasteiger partial charge is 0.383 e. The summed E-state index contributed by atoms with van der Waals surface area (Å²) in [7, 11) is 0. The Bertz CT molecular complexity index is 875. The van der Waals surface area contributed by atoms with Crippen molar-refractivity contribution in [1.29, 1.82) is 0 Å². The number of ketones is 1. The molecule has 2 heterocycles. The van der Waals surface area contributed by atoms with Crippen LogP contribution in [0.3, 0.4) is 0 Å². The van der Waals surface area contributed by atoms with Gasteiger partial charge in [0.2, 0.25) is 11.8 Å². The van der Waals surface area contributed by atoms with Crippen molar-refractivity contribution in [2.45, 2.75) is 75.7 Å². The zero-order valence-corrected chi connectivity index (χ0v) is 19.1. The molecule has 3 amide bonds. The van der Waals surface area contributed by atoms with Crippen LogP contribution >= 0.6 is 0 Å². The summed E-state index contributed by atoms with van der Waals surface area (Å²) in [5.74, 6) is -4.28. The molecule has 36 heavy (non-hydrogen) atoms. The number of ether oxygens (including phenoxy) is 1. The lowest BCUT2D eigenvalue weighted by Gasteiger charge is -2.28. The number of hydrogen-bond acceptors (Lipinski definition) is 6. The molecule has 9 nitrogen and oxygen atoms in total. The molecule has 15 heteroatoms. The van der Waals surface area contributed by atoms with Crippen molar-refractivity contribution in [3.05, 3.63) is 0 Å². The van der Waals surface area contributed by atoms with Crippen LogP contribution in [-0.4, -0.2) is 83.9 Å². The van der Waals surface area contributed by atoms with E-state index in [2.05, 4.69) is 15.4 Å². The van der Waals surface area contributed by atoms with E-state index in [9.17, 15) is 50.6 Å². The highest BCUT2D eigenvalue weighted by Gasteiger charge is 2.56. The maximum absolute atomic E-state index is 13.1. The fourth-order valence-electron chi connectivity index (χ4n) is 4.62. The van der Waals surface area contributed by atoms with Gasteiger partial charge in [-0.2, -0.15) is 13.2 Å². The van der Waals surface area contributed by atoms with Crippen LogP contribution in [0.2, 0.25) is 0 Å². The molecule has 4 atom stereocenters. The number of rotatable bonds is 10. The molecule has 3 aliphatic rings. The minimum Gasteiger partial charge on any atom is -0.383 e. The molecule has 204 valence electrons. The molecule has 1 saturated carbocycles. The summed E-state index contributed by atoms with van der Waals surface area (Å²) < 4.78 is 78.4. The third kappa shape index (κ3) is 7.54. The summed E-state index contributed by atoms with van der Waals surface area (Å²) in [4.78, 5) is 51.2.